The number of hydrogen-bond donors (Lipinski definition) is 2. The van der Waals surface area contributed by atoms with Gasteiger partial charge < -0.3 is 15.4 Å². The molecular weight excluding hydrogens is 342 g/mol. The van der Waals surface area contributed by atoms with Crippen molar-refractivity contribution in [2.75, 3.05) is 17.7 Å². The summed E-state index contributed by atoms with van der Waals surface area (Å²) in [5.41, 5.74) is 3.07. The number of anilines is 3. The minimum absolute atomic E-state index is 0.212. The Kier molecular flexibility index (Phi) is 5.28. The number of nitrogens with one attached hydrogen (secondary N) is 2. The first-order valence-corrected chi connectivity index (χ1v) is 8.15. The molecule has 2 N–H and O–H groups in total. The van der Waals surface area contributed by atoms with Gasteiger partial charge in [-0.1, -0.05) is 6.07 Å². The quantitative estimate of drug-likeness (QED) is 0.721. The second-order valence-corrected chi connectivity index (χ2v) is 5.74. The molecule has 1 amide bonds. The van der Waals surface area contributed by atoms with Gasteiger partial charge in [0.05, 0.1) is 24.4 Å². The maximum atomic E-state index is 12.4. The third-order valence-electron chi connectivity index (χ3n) is 3.76. The molecule has 7 heteroatoms. The van der Waals surface area contributed by atoms with Crippen molar-refractivity contribution in [2.45, 2.75) is 6.92 Å². The molecule has 134 valence electrons. The molecule has 2 aromatic carbocycles. The zero-order chi connectivity index (χ0) is 19.2. The van der Waals surface area contributed by atoms with Crippen molar-refractivity contribution >= 4 is 23.2 Å². The SMILES string of the molecule is COc1ccc(C)cc1Nc1nccc(C(=O)Nc2ccc(C#N)cc2)n1. The molecule has 1 heterocycles. The normalized spacial score (nSPS) is 9.96. The first-order valence-electron chi connectivity index (χ1n) is 8.15. The third-order valence-corrected chi connectivity index (χ3v) is 3.76. The van der Waals surface area contributed by atoms with Gasteiger partial charge in [0.2, 0.25) is 5.95 Å². The minimum Gasteiger partial charge on any atom is -0.495 e. The van der Waals surface area contributed by atoms with Gasteiger partial charge in [0.1, 0.15) is 11.4 Å². The number of rotatable bonds is 5. The molecule has 0 saturated carbocycles. The van der Waals surface area contributed by atoms with Crippen LogP contribution in [-0.4, -0.2) is 23.0 Å². The molecule has 27 heavy (non-hydrogen) atoms. The number of carbonyl (C=O) groups is 1. The van der Waals surface area contributed by atoms with E-state index in [0.29, 0.717) is 22.7 Å². The first-order chi connectivity index (χ1) is 13.1. The van der Waals surface area contributed by atoms with Crippen LogP contribution in [0.15, 0.2) is 54.7 Å². The van der Waals surface area contributed by atoms with E-state index >= 15 is 0 Å². The van der Waals surface area contributed by atoms with Crippen LogP contribution in [0.25, 0.3) is 0 Å². The van der Waals surface area contributed by atoms with E-state index in [4.69, 9.17) is 10.00 Å². The number of methoxy groups -OCH3 is 1. The van der Waals surface area contributed by atoms with Gasteiger partial charge in [0, 0.05) is 11.9 Å². The maximum Gasteiger partial charge on any atom is 0.274 e. The van der Waals surface area contributed by atoms with Gasteiger partial charge in [-0.05, 0) is 55.0 Å². The van der Waals surface area contributed by atoms with Crippen LogP contribution in [-0.2, 0) is 0 Å². The largest absolute Gasteiger partial charge is 0.495 e. The van der Waals surface area contributed by atoms with Crippen LogP contribution < -0.4 is 15.4 Å². The van der Waals surface area contributed by atoms with E-state index in [0.717, 1.165) is 5.56 Å². The van der Waals surface area contributed by atoms with Crippen LogP contribution in [0.5, 0.6) is 5.75 Å². The molecule has 0 aliphatic heterocycles. The van der Waals surface area contributed by atoms with Crippen LogP contribution in [0.4, 0.5) is 17.3 Å². The lowest BCUT2D eigenvalue weighted by molar-refractivity contribution is 0.102. The summed E-state index contributed by atoms with van der Waals surface area (Å²) in [5, 5.41) is 14.6. The Morgan fingerprint density at radius 1 is 1.15 bits per heavy atom. The number of hydrogen-bond acceptors (Lipinski definition) is 6. The van der Waals surface area contributed by atoms with Crippen LogP contribution in [0.3, 0.4) is 0 Å². The van der Waals surface area contributed by atoms with Crippen molar-refractivity contribution in [1.29, 1.82) is 5.26 Å². The Balaban J connectivity index is 1.77. The summed E-state index contributed by atoms with van der Waals surface area (Å²) in [6.07, 6.45) is 1.51. The molecule has 3 rings (SSSR count). The van der Waals surface area contributed by atoms with Gasteiger partial charge in [0.25, 0.3) is 5.91 Å². The first kappa shape index (κ1) is 17.9. The highest BCUT2D eigenvalue weighted by Gasteiger charge is 2.11. The fourth-order valence-electron chi connectivity index (χ4n) is 2.41. The Hall–Kier alpha value is -3.92. The van der Waals surface area contributed by atoms with Gasteiger partial charge in [-0.2, -0.15) is 5.26 Å². The van der Waals surface area contributed by atoms with Crippen molar-refractivity contribution in [1.82, 2.24) is 9.97 Å². The van der Waals surface area contributed by atoms with E-state index in [9.17, 15) is 4.79 Å². The fourth-order valence-corrected chi connectivity index (χ4v) is 2.41. The van der Waals surface area contributed by atoms with Crippen LogP contribution in [0, 0.1) is 18.3 Å². The molecule has 0 radical (unpaired) electrons. The molecule has 0 unspecified atom stereocenters. The lowest BCUT2D eigenvalue weighted by atomic mass is 10.2. The molecule has 3 aromatic rings. The van der Waals surface area contributed by atoms with Crippen molar-refractivity contribution in [3.63, 3.8) is 0 Å². The third kappa shape index (κ3) is 4.38. The standard InChI is InChI=1S/C20H17N5O2/c1-13-3-8-18(27-2)17(11-13)25-20-22-10-9-16(24-20)19(26)23-15-6-4-14(12-21)5-7-15/h3-11H,1-2H3,(H,23,26)(H,22,24,25). The molecule has 0 aliphatic carbocycles. The topological polar surface area (TPSA) is 99.9 Å². The summed E-state index contributed by atoms with van der Waals surface area (Å²) in [6, 6.07) is 15.8. The molecule has 0 saturated heterocycles. The number of benzene rings is 2. The van der Waals surface area contributed by atoms with Gasteiger partial charge >= 0.3 is 0 Å². The number of aromatic nitrogens is 2. The summed E-state index contributed by atoms with van der Waals surface area (Å²) in [5.74, 6) is 0.560. The highest BCUT2D eigenvalue weighted by atomic mass is 16.5. The number of aryl methyl sites for hydroxylation is 1. The number of nitriles is 1. The van der Waals surface area contributed by atoms with Gasteiger partial charge in [-0.25, -0.2) is 9.97 Å². The smallest absolute Gasteiger partial charge is 0.274 e. The van der Waals surface area contributed by atoms with Crippen LogP contribution in [0.1, 0.15) is 21.6 Å². The second kappa shape index (κ2) is 7.97. The number of nitrogens with zero attached hydrogens (tertiary/aromatic N) is 3. The average molecular weight is 359 g/mol. The number of amides is 1. The van der Waals surface area contributed by atoms with E-state index < -0.39 is 0 Å². The van der Waals surface area contributed by atoms with Crippen LogP contribution >= 0.6 is 0 Å². The molecule has 1 aromatic heterocycles. The highest BCUT2D eigenvalue weighted by Crippen LogP contribution is 2.27. The van der Waals surface area contributed by atoms with Crippen molar-refractivity contribution in [3.8, 4) is 11.8 Å². The van der Waals surface area contributed by atoms with E-state index in [-0.39, 0.29) is 17.5 Å². The summed E-state index contributed by atoms with van der Waals surface area (Å²) in [6.45, 7) is 1.97. The molecule has 0 bridgehead atoms. The van der Waals surface area contributed by atoms with Crippen LogP contribution in [0.2, 0.25) is 0 Å². The van der Waals surface area contributed by atoms with Crippen molar-refractivity contribution in [2.24, 2.45) is 0 Å². The molecule has 0 spiro atoms. The number of ether oxygens (including phenoxy) is 1. The summed E-state index contributed by atoms with van der Waals surface area (Å²) in [4.78, 5) is 20.9. The predicted molar refractivity (Wildman–Crippen MR) is 102 cm³/mol. The monoisotopic (exact) mass is 359 g/mol. The molecule has 7 nitrogen and oxygen atoms in total. The molecule has 0 fully saturated rings. The molecular formula is C20H17N5O2. The van der Waals surface area contributed by atoms with E-state index in [1.54, 1.807) is 31.4 Å². The Morgan fingerprint density at radius 2 is 1.93 bits per heavy atom. The minimum atomic E-state index is -0.374. The average Bonchev–Trinajstić information content (AvgIpc) is 2.69. The van der Waals surface area contributed by atoms with Gasteiger partial charge in [-0.3, -0.25) is 4.79 Å². The van der Waals surface area contributed by atoms with Crippen molar-refractivity contribution in [3.05, 3.63) is 71.5 Å². The summed E-state index contributed by atoms with van der Waals surface area (Å²) in [7, 11) is 1.58. The lowest BCUT2D eigenvalue weighted by Crippen LogP contribution is -2.14. The Bertz CT molecular complexity index is 1010. The van der Waals surface area contributed by atoms with Crippen molar-refractivity contribution < 1.29 is 9.53 Å². The van der Waals surface area contributed by atoms with Gasteiger partial charge in [0.15, 0.2) is 0 Å². The zero-order valence-corrected chi connectivity index (χ0v) is 14.9. The van der Waals surface area contributed by atoms with Gasteiger partial charge in [-0.15, -0.1) is 0 Å². The van der Waals surface area contributed by atoms with E-state index in [1.807, 2.05) is 31.2 Å². The zero-order valence-electron chi connectivity index (χ0n) is 14.9. The second-order valence-electron chi connectivity index (χ2n) is 5.74. The number of carbonyl (C=O) groups excluding carboxylic acids is 1. The lowest BCUT2D eigenvalue weighted by Gasteiger charge is -2.11. The van der Waals surface area contributed by atoms with E-state index in [1.165, 1.54) is 12.3 Å². The molecule has 0 atom stereocenters. The maximum absolute atomic E-state index is 12.4. The predicted octanol–water partition coefficient (Wildman–Crippen LogP) is 3.66. The Morgan fingerprint density at radius 3 is 2.63 bits per heavy atom. The Labute approximate surface area is 156 Å². The fraction of sp³-hybridized carbons (Fsp3) is 0.100. The molecule has 0 aliphatic rings. The highest BCUT2D eigenvalue weighted by molar-refractivity contribution is 6.03. The van der Waals surface area contributed by atoms with E-state index in [2.05, 4.69) is 20.6 Å². The summed E-state index contributed by atoms with van der Waals surface area (Å²) >= 11 is 0. The summed E-state index contributed by atoms with van der Waals surface area (Å²) < 4.78 is 5.33.